The molecule has 0 unspecified atom stereocenters. The van der Waals surface area contributed by atoms with Gasteiger partial charge in [-0.05, 0) is 54.3 Å². The van der Waals surface area contributed by atoms with Gasteiger partial charge in [0.05, 0.1) is 10.6 Å². The van der Waals surface area contributed by atoms with E-state index in [9.17, 15) is 4.79 Å². The third-order valence-corrected chi connectivity index (χ3v) is 7.01. The fourth-order valence-electron chi connectivity index (χ4n) is 3.06. The van der Waals surface area contributed by atoms with Gasteiger partial charge >= 0.3 is 0 Å². The van der Waals surface area contributed by atoms with Gasteiger partial charge < -0.3 is 4.74 Å². The minimum Gasteiger partial charge on any atom is -0.489 e. The Hall–Kier alpha value is -2.25. The van der Waals surface area contributed by atoms with Crippen LogP contribution in [0.25, 0.3) is 6.08 Å². The molecule has 0 aliphatic carbocycles. The highest BCUT2D eigenvalue weighted by Gasteiger charge is 2.33. The summed E-state index contributed by atoms with van der Waals surface area (Å²) >= 11 is 14.6. The van der Waals surface area contributed by atoms with Crippen LogP contribution in [0.4, 0.5) is 5.69 Å². The van der Waals surface area contributed by atoms with Crippen LogP contribution in [0, 0.1) is 0 Å². The van der Waals surface area contributed by atoms with Crippen LogP contribution in [-0.4, -0.2) is 16.5 Å². The van der Waals surface area contributed by atoms with Gasteiger partial charge in [-0.15, -0.1) is 11.8 Å². The van der Waals surface area contributed by atoms with Crippen LogP contribution in [0.5, 0.6) is 5.75 Å². The van der Waals surface area contributed by atoms with Crippen molar-refractivity contribution in [2.75, 3.05) is 11.2 Å². The molecule has 0 N–H and O–H groups in total. The molecule has 31 heavy (non-hydrogen) atoms. The standard InChI is InChI=1S/C24H18ClNO2S3/c1-30-20-10-5-8-18(14-20)26-23(27)22(31-24(26)29)13-16-6-4-9-19(12-16)28-15-17-7-2-3-11-21(17)25/h2-14H,15H2,1H3/b22-13+. The molecule has 3 nitrogen and oxygen atoms in total. The molecular formula is C24H18ClNO2S3. The summed E-state index contributed by atoms with van der Waals surface area (Å²) in [6.45, 7) is 0.372. The van der Waals surface area contributed by atoms with Gasteiger partial charge in [-0.2, -0.15) is 0 Å². The molecule has 1 heterocycles. The molecule has 1 aliphatic rings. The lowest BCUT2D eigenvalue weighted by Crippen LogP contribution is -2.27. The molecule has 1 amide bonds. The van der Waals surface area contributed by atoms with Crippen LogP contribution in [0.15, 0.2) is 82.6 Å². The number of halogens is 1. The summed E-state index contributed by atoms with van der Waals surface area (Å²) in [4.78, 5) is 16.3. The largest absolute Gasteiger partial charge is 0.489 e. The summed E-state index contributed by atoms with van der Waals surface area (Å²) in [5.41, 5.74) is 2.58. The van der Waals surface area contributed by atoms with Crippen LogP contribution in [0.1, 0.15) is 11.1 Å². The molecule has 4 rings (SSSR count). The maximum Gasteiger partial charge on any atom is 0.270 e. The number of benzene rings is 3. The highest BCUT2D eigenvalue weighted by Crippen LogP contribution is 2.37. The SMILES string of the molecule is CSc1cccc(N2C(=O)/C(=C\c3cccc(OCc4ccccc4Cl)c3)SC2=S)c1. The Kier molecular flexibility index (Phi) is 7.02. The monoisotopic (exact) mass is 483 g/mol. The van der Waals surface area contributed by atoms with Crippen molar-refractivity contribution >= 4 is 69.3 Å². The lowest BCUT2D eigenvalue weighted by atomic mass is 10.2. The van der Waals surface area contributed by atoms with E-state index in [0.717, 1.165) is 21.7 Å². The first kappa shape index (κ1) is 22.0. The normalized spacial score (nSPS) is 15.0. The van der Waals surface area contributed by atoms with Gasteiger partial charge in [-0.1, -0.05) is 72.0 Å². The second-order valence-electron chi connectivity index (χ2n) is 6.67. The topological polar surface area (TPSA) is 29.5 Å². The summed E-state index contributed by atoms with van der Waals surface area (Å²) in [7, 11) is 0. The Morgan fingerprint density at radius 1 is 1.10 bits per heavy atom. The molecule has 1 aliphatic heterocycles. The number of thiocarbonyl (C=S) groups is 1. The van der Waals surface area contributed by atoms with E-state index >= 15 is 0 Å². The zero-order valence-electron chi connectivity index (χ0n) is 16.6. The van der Waals surface area contributed by atoms with Gasteiger partial charge in [-0.3, -0.25) is 9.69 Å². The lowest BCUT2D eigenvalue weighted by molar-refractivity contribution is -0.113. The number of amides is 1. The van der Waals surface area contributed by atoms with Gasteiger partial charge in [0.25, 0.3) is 5.91 Å². The average molecular weight is 484 g/mol. The summed E-state index contributed by atoms with van der Waals surface area (Å²) < 4.78 is 6.43. The van der Waals surface area contributed by atoms with Crippen molar-refractivity contribution < 1.29 is 9.53 Å². The van der Waals surface area contributed by atoms with E-state index in [2.05, 4.69) is 0 Å². The Morgan fingerprint density at radius 2 is 1.90 bits per heavy atom. The molecule has 1 saturated heterocycles. The van der Waals surface area contributed by atoms with Gasteiger partial charge in [-0.25, -0.2) is 0 Å². The number of ether oxygens (including phenoxy) is 1. The molecule has 7 heteroatoms. The van der Waals surface area contributed by atoms with Gasteiger partial charge in [0.1, 0.15) is 12.4 Å². The summed E-state index contributed by atoms with van der Waals surface area (Å²) in [6, 6.07) is 23.0. The van der Waals surface area contributed by atoms with Crippen molar-refractivity contribution in [3.8, 4) is 5.75 Å². The zero-order chi connectivity index (χ0) is 21.8. The minimum absolute atomic E-state index is 0.115. The van der Waals surface area contributed by atoms with Crippen LogP contribution in [0.2, 0.25) is 5.02 Å². The maximum absolute atomic E-state index is 13.1. The number of anilines is 1. The van der Waals surface area contributed by atoms with Crippen LogP contribution in [-0.2, 0) is 11.4 Å². The lowest BCUT2D eigenvalue weighted by Gasteiger charge is -2.15. The first-order chi connectivity index (χ1) is 15.0. The number of carbonyl (C=O) groups is 1. The van der Waals surface area contributed by atoms with Crippen molar-refractivity contribution in [1.29, 1.82) is 0 Å². The molecule has 3 aromatic carbocycles. The quantitative estimate of drug-likeness (QED) is 0.213. The van der Waals surface area contributed by atoms with Crippen molar-refractivity contribution in [3.63, 3.8) is 0 Å². The molecule has 0 bridgehead atoms. The second-order valence-corrected chi connectivity index (χ2v) is 9.63. The Labute approximate surface area is 200 Å². The summed E-state index contributed by atoms with van der Waals surface area (Å²) in [5.74, 6) is 0.590. The first-order valence-electron chi connectivity index (χ1n) is 9.43. The molecule has 3 aromatic rings. The number of carbonyl (C=O) groups excluding carboxylic acids is 1. The van der Waals surface area contributed by atoms with Gasteiger partial charge in [0, 0.05) is 15.5 Å². The Bertz CT molecular complexity index is 1180. The molecule has 0 spiro atoms. The zero-order valence-corrected chi connectivity index (χ0v) is 19.8. The highest BCUT2D eigenvalue weighted by atomic mass is 35.5. The maximum atomic E-state index is 13.1. The second kappa shape index (κ2) is 9.92. The smallest absolute Gasteiger partial charge is 0.270 e. The fourth-order valence-corrected chi connectivity index (χ4v) is 5.00. The van der Waals surface area contributed by atoms with Crippen molar-refractivity contribution in [2.24, 2.45) is 0 Å². The number of hydrogen-bond acceptors (Lipinski definition) is 5. The van der Waals surface area contributed by atoms with E-state index in [-0.39, 0.29) is 5.91 Å². The van der Waals surface area contributed by atoms with E-state index in [0.29, 0.717) is 26.6 Å². The molecule has 0 atom stereocenters. The van der Waals surface area contributed by atoms with Crippen molar-refractivity contribution in [3.05, 3.63) is 93.9 Å². The Balaban J connectivity index is 1.52. The first-order valence-corrected chi connectivity index (χ1v) is 12.3. The predicted molar refractivity (Wildman–Crippen MR) is 136 cm³/mol. The summed E-state index contributed by atoms with van der Waals surface area (Å²) in [5, 5.41) is 0.674. The van der Waals surface area contributed by atoms with Crippen LogP contribution >= 0.6 is 47.3 Å². The van der Waals surface area contributed by atoms with Crippen molar-refractivity contribution in [1.82, 2.24) is 0 Å². The fraction of sp³-hybridized carbons (Fsp3) is 0.0833. The molecule has 0 saturated carbocycles. The van der Waals surface area contributed by atoms with Crippen molar-refractivity contribution in [2.45, 2.75) is 11.5 Å². The minimum atomic E-state index is -0.115. The number of nitrogens with zero attached hydrogens (tertiary/aromatic N) is 1. The molecule has 0 radical (unpaired) electrons. The van der Waals surface area contributed by atoms with E-state index in [1.165, 1.54) is 11.8 Å². The number of thioether (sulfide) groups is 2. The predicted octanol–water partition coefficient (Wildman–Crippen LogP) is 7.05. The molecule has 1 fully saturated rings. The molecule has 156 valence electrons. The van der Waals surface area contributed by atoms with E-state index < -0.39 is 0 Å². The average Bonchev–Trinajstić information content (AvgIpc) is 3.06. The van der Waals surface area contributed by atoms with Gasteiger partial charge in [0.2, 0.25) is 0 Å². The third-order valence-electron chi connectivity index (χ3n) is 4.61. The van der Waals surface area contributed by atoms with E-state index in [1.54, 1.807) is 16.7 Å². The summed E-state index contributed by atoms with van der Waals surface area (Å²) in [6.07, 6.45) is 3.85. The van der Waals surface area contributed by atoms with Gasteiger partial charge in [0.15, 0.2) is 4.32 Å². The Morgan fingerprint density at radius 3 is 2.71 bits per heavy atom. The third kappa shape index (κ3) is 5.15. The molecule has 0 aromatic heterocycles. The van der Waals surface area contributed by atoms with E-state index in [4.69, 9.17) is 28.6 Å². The van der Waals surface area contributed by atoms with E-state index in [1.807, 2.05) is 85.1 Å². The van der Waals surface area contributed by atoms with Crippen LogP contribution < -0.4 is 9.64 Å². The number of rotatable bonds is 6. The van der Waals surface area contributed by atoms with Crippen LogP contribution in [0.3, 0.4) is 0 Å². The number of hydrogen-bond donors (Lipinski definition) is 0. The molecular weight excluding hydrogens is 466 g/mol. The highest BCUT2D eigenvalue weighted by molar-refractivity contribution is 8.27.